The fourth-order valence-corrected chi connectivity index (χ4v) is 2.86. The van der Waals surface area contributed by atoms with Gasteiger partial charge in [-0.1, -0.05) is 53.7 Å². The minimum atomic E-state index is -3.65. The number of nitrogens with one attached hydrogen (secondary N) is 1. The molecule has 2 aromatic carbocycles. The Morgan fingerprint density at radius 2 is 1.52 bits per heavy atom. The van der Waals surface area contributed by atoms with Crippen LogP contribution in [0.3, 0.4) is 0 Å². The first-order valence-corrected chi connectivity index (χ1v) is 7.73. The summed E-state index contributed by atoms with van der Waals surface area (Å²) in [5.74, 6) is 0.652. The maximum Gasteiger partial charge on any atom is 0.263 e. The second kappa shape index (κ2) is 5.41. The first-order valence-electron chi connectivity index (χ1n) is 6.25. The van der Waals surface area contributed by atoms with Gasteiger partial charge in [0.15, 0.2) is 11.6 Å². The summed E-state index contributed by atoms with van der Waals surface area (Å²) < 4.78 is 31.9. The van der Waals surface area contributed by atoms with Crippen molar-refractivity contribution in [1.82, 2.24) is 5.16 Å². The van der Waals surface area contributed by atoms with E-state index >= 15 is 0 Å². The number of rotatable bonds is 4. The largest absolute Gasteiger partial charge is 0.354 e. The first kappa shape index (κ1) is 13.4. The van der Waals surface area contributed by atoms with Crippen molar-refractivity contribution in [3.05, 3.63) is 66.7 Å². The van der Waals surface area contributed by atoms with E-state index in [0.717, 1.165) is 5.56 Å². The number of nitrogens with zero attached hydrogens (tertiary/aromatic N) is 1. The molecule has 1 aromatic heterocycles. The van der Waals surface area contributed by atoms with Gasteiger partial charge in [-0.2, -0.15) is 0 Å². The molecule has 1 N–H and O–H groups in total. The number of hydrogen-bond donors (Lipinski definition) is 1. The normalized spacial score (nSPS) is 11.2. The van der Waals surface area contributed by atoms with Crippen LogP contribution in [0.5, 0.6) is 0 Å². The molecule has 0 aliphatic carbocycles. The van der Waals surface area contributed by atoms with E-state index in [2.05, 4.69) is 9.88 Å². The Morgan fingerprint density at radius 3 is 2.19 bits per heavy atom. The molecule has 0 bridgehead atoms. The second-order valence-electron chi connectivity index (χ2n) is 4.36. The summed E-state index contributed by atoms with van der Waals surface area (Å²) in [7, 11) is -3.65. The predicted octanol–water partition coefficient (Wildman–Crippen LogP) is 3.14. The Labute approximate surface area is 122 Å². The molecule has 0 aliphatic rings. The molecule has 3 rings (SSSR count). The molecule has 0 aliphatic heterocycles. The van der Waals surface area contributed by atoms with Crippen molar-refractivity contribution in [3.63, 3.8) is 0 Å². The molecule has 0 spiro atoms. The molecule has 0 saturated heterocycles. The van der Waals surface area contributed by atoms with Crippen molar-refractivity contribution < 1.29 is 12.9 Å². The number of aromatic nitrogens is 1. The van der Waals surface area contributed by atoms with E-state index in [0.29, 0.717) is 5.76 Å². The van der Waals surface area contributed by atoms with Gasteiger partial charge in [0.25, 0.3) is 10.0 Å². The van der Waals surface area contributed by atoms with E-state index in [-0.39, 0.29) is 10.7 Å². The van der Waals surface area contributed by atoms with E-state index in [1.165, 1.54) is 12.1 Å². The van der Waals surface area contributed by atoms with Crippen LogP contribution in [0.25, 0.3) is 11.3 Å². The molecule has 0 amide bonds. The Kier molecular flexibility index (Phi) is 3.45. The third kappa shape index (κ3) is 2.95. The zero-order valence-electron chi connectivity index (χ0n) is 10.9. The standard InChI is InChI=1S/C15H12N2O3S/c18-21(19,13-9-5-2-6-10-13)17-15-11-14(20-16-15)12-7-3-1-4-8-12/h1-11H,(H,16,17). The van der Waals surface area contributed by atoms with Gasteiger partial charge in [0.2, 0.25) is 0 Å². The van der Waals surface area contributed by atoms with Crippen molar-refractivity contribution in [3.8, 4) is 11.3 Å². The Bertz CT molecular complexity index is 828. The lowest BCUT2D eigenvalue weighted by Crippen LogP contribution is -2.12. The molecule has 6 heteroatoms. The Hall–Kier alpha value is -2.60. The van der Waals surface area contributed by atoms with Crippen LogP contribution in [0, 0.1) is 0 Å². The van der Waals surface area contributed by atoms with Gasteiger partial charge in [-0.3, -0.25) is 4.72 Å². The lowest BCUT2D eigenvalue weighted by atomic mass is 10.2. The van der Waals surface area contributed by atoms with Gasteiger partial charge >= 0.3 is 0 Å². The molecule has 1 heterocycles. The van der Waals surface area contributed by atoms with Crippen LogP contribution in [-0.2, 0) is 10.0 Å². The van der Waals surface area contributed by atoms with Crippen molar-refractivity contribution >= 4 is 15.8 Å². The van der Waals surface area contributed by atoms with Gasteiger partial charge in [0.05, 0.1) is 4.90 Å². The van der Waals surface area contributed by atoms with E-state index in [4.69, 9.17) is 4.52 Å². The average molecular weight is 300 g/mol. The second-order valence-corrected chi connectivity index (χ2v) is 6.04. The van der Waals surface area contributed by atoms with Gasteiger partial charge in [-0.05, 0) is 12.1 Å². The average Bonchev–Trinajstić information content (AvgIpc) is 2.97. The molecule has 0 radical (unpaired) electrons. The van der Waals surface area contributed by atoms with Crippen LogP contribution < -0.4 is 4.72 Å². The van der Waals surface area contributed by atoms with Crippen molar-refractivity contribution in [1.29, 1.82) is 0 Å². The van der Waals surface area contributed by atoms with Gasteiger partial charge in [0.1, 0.15) is 0 Å². The molecule has 0 unspecified atom stereocenters. The van der Waals surface area contributed by atoms with Gasteiger partial charge < -0.3 is 4.52 Å². The maximum absolute atomic E-state index is 12.2. The molecule has 0 atom stereocenters. The minimum absolute atomic E-state index is 0.151. The highest BCUT2D eigenvalue weighted by atomic mass is 32.2. The van der Waals surface area contributed by atoms with Gasteiger partial charge in [0, 0.05) is 11.6 Å². The molecule has 0 saturated carbocycles. The molecule has 5 nitrogen and oxygen atoms in total. The van der Waals surface area contributed by atoms with Crippen molar-refractivity contribution in [2.75, 3.05) is 4.72 Å². The highest BCUT2D eigenvalue weighted by molar-refractivity contribution is 7.92. The molecule has 3 aromatic rings. The Morgan fingerprint density at radius 1 is 0.905 bits per heavy atom. The summed E-state index contributed by atoms with van der Waals surface area (Å²) in [6.07, 6.45) is 0. The molecule has 0 fully saturated rings. The van der Waals surface area contributed by atoms with Crippen LogP contribution in [-0.4, -0.2) is 13.6 Å². The third-order valence-electron chi connectivity index (χ3n) is 2.86. The fraction of sp³-hybridized carbons (Fsp3) is 0. The molecular weight excluding hydrogens is 288 g/mol. The highest BCUT2D eigenvalue weighted by Gasteiger charge is 2.16. The van der Waals surface area contributed by atoms with E-state index < -0.39 is 10.0 Å². The van der Waals surface area contributed by atoms with Crippen molar-refractivity contribution in [2.45, 2.75) is 4.90 Å². The van der Waals surface area contributed by atoms with Gasteiger partial charge in [-0.15, -0.1) is 0 Å². The summed E-state index contributed by atoms with van der Waals surface area (Å²) in [4.78, 5) is 0.175. The van der Waals surface area contributed by atoms with Crippen LogP contribution in [0.2, 0.25) is 0 Å². The summed E-state index contributed by atoms with van der Waals surface area (Å²) in [6, 6.07) is 19.0. The van der Waals surface area contributed by atoms with E-state index in [1.807, 2.05) is 30.3 Å². The van der Waals surface area contributed by atoms with E-state index in [9.17, 15) is 8.42 Å². The summed E-state index contributed by atoms with van der Waals surface area (Å²) in [5.41, 5.74) is 0.829. The molecular formula is C15H12N2O3S. The van der Waals surface area contributed by atoms with Crippen LogP contribution in [0.15, 0.2) is 76.1 Å². The number of anilines is 1. The lowest BCUT2D eigenvalue weighted by molar-refractivity contribution is 0.435. The monoisotopic (exact) mass is 300 g/mol. The third-order valence-corrected chi connectivity index (χ3v) is 4.23. The topological polar surface area (TPSA) is 72.2 Å². The summed E-state index contributed by atoms with van der Waals surface area (Å²) >= 11 is 0. The summed E-state index contributed by atoms with van der Waals surface area (Å²) in [6.45, 7) is 0. The zero-order chi connectivity index (χ0) is 14.7. The SMILES string of the molecule is O=S(=O)(Nc1cc(-c2ccccc2)on1)c1ccccc1. The quantitative estimate of drug-likeness (QED) is 0.803. The van der Waals surface area contributed by atoms with Crippen LogP contribution in [0.1, 0.15) is 0 Å². The predicted molar refractivity (Wildman–Crippen MR) is 79.2 cm³/mol. The van der Waals surface area contributed by atoms with Crippen LogP contribution >= 0.6 is 0 Å². The number of sulfonamides is 1. The number of hydrogen-bond acceptors (Lipinski definition) is 4. The van der Waals surface area contributed by atoms with Gasteiger partial charge in [-0.25, -0.2) is 8.42 Å². The first-order chi connectivity index (χ1) is 10.1. The minimum Gasteiger partial charge on any atom is -0.354 e. The van der Waals surface area contributed by atoms with E-state index in [1.54, 1.807) is 24.3 Å². The Balaban J connectivity index is 1.85. The molecule has 106 valence electrons. The highest BCUT2D eigenvalue weighted by Crippen LogP contribution is 2.23. The smallest absolute Gasteiger partial charge is 0.263 e. The van der Waals surface area contributed by atoms with Crippen molar-refractivity contribution in [2.24, 2.45) is 0 Å². The van der Waals surface area contributed by atoms with Crippen LogP contribution in [0.4, 0.5) is 5.82 Å². The summed E-state index contributed by atoms with van der Waals surface area (Å²) in [5, 5.41) is 3.74. The fourth-order valence-electron chi connectivity index (χ4n) is 1.86. The maximum atomic E-state index is 12.2. The molecule has 21 heavy (non-hydrogen) atoms. The zero-order valence-corrected chi connectivity index (χ0v) is 11.7. The number of benzene rings is 2. The lowest BCUT2D eigenvalue weighted by Gasteiger charge is -2.03.